The molecule has 2 nitrogen and oxygen atoms in total. The molecule has 0 saturated carbocycles. The predicted molar refractivity (Wildman–Crippen MR) is 93.8 cm³/mol. The van der Waals surface area contributed by atoms with Crippen LogP contribution in [0.4, 0.5) is 0 Å². The summed E-state index contributed by atoms with van der Waals surface area (Å²) in [5.41, 5.74) is 3.19. The Balaban J connectivity index is 2.49. The topological polar surface area (TPSA) is 15.3 Å². The minimum Gasteiger partial charge on any atom is -0.316 e. The van der Waals surface area contributed by atoms with Crippen LogP contribution in [0.2, 0.25) is 0 Å². The summed E-state index contributed by atoms with van der Waals surface area (Å²) in [6.07, 6.45) is 1.20. The van der Waals surface area contributed by atoms with Crippen LogP contribution in [0, 0.1) is 5.41 Å². The molecule has 1 N–H and O–H groups in total. The molecule has 0 saturated heterocycles. The van der Waals surface area contributed by atoms with Gasteiger partial charge in [0.1, 0.15) is 0 Å². The predicted octanol–water partition coefficient (Wildman–Crippen LogP) is 4.27. The molecule has 1 atom stereocenters. The molecule has 1 unspecified atom stereocenters. The monoisotopic (exact) mass is 290 g/mol. The minimum atomic E-state index is 0.355. The number of nitrogens with zero attached hydrogens (tertiary/aromatic N) is 1. The van der Waals surface area contributed by atoms with Crippen molar-refractivity contribution >= 4 is 0 Å². The van der Waals surface area contributed by atoms with Gasteiger partial charge in [-0.3, -0.25) is 0 Å². The maximum Gasteiger partial charge on any atom is 0.0230 e. The molecule has 0 aliphatic heterocycles. The first-order valence-corrected chi connectivity index (χ1v) is 8.30. The van der Waals surface area contributed by atoms with Gasteiger partial charge in [-0.15, -0.1) is 0 Å². The van der Waals surface area contributed by atoms with E-state index in [1.165, 1.54) is 17.5 Å². The lowest BCUT2D eigenvalue weighted by Crippen LogP contribution is -2.28. The van der Waals surface area contributed by atoms with E-state index in [0.717, 1.165) is 26.2 Å². The summed E-state index contributed by atoms with van der Waals surface area (Å²) in [5.74, 6) is 0.581. The van der Waals surface area contributed by atoms with E-state index in [-0.39, 0.29) is 0 Å². The third-order valence-electron chi connectivity index (χ3n) is 3.62. The van der Waals surface area contributed by atoms with Crippen molar-refractivity contribution in [3.05, 3.63) is 35.4 Å². The largest absolute Gasteiger partial charge is 0.316 e. The first-order valence-electron chi connectivity index (χ1n) is 8.30. The molecule has 0 aliphatic rings. The van der Waals surface area contributed by atoms with Crippen molar-refractivity contribution in [2.75, 3.05) is 26.7 Å². The molecule has 1 aromatic carbocycles. The van der Waals surface area contributed by atoms with Crippen LogP contribution in [0.1, 0.15) is 58.1 Å². The lowest BCUT2D eigenvalue weighted by molar-refractivity contribution is 0.221. The quantitative estimate of drug-likeness (QED) is 0.719. The highest BCUT2D eigenvalue weighted by molar-refractivity contribution is 5.25. The SMILES string of the molecule is CCCNCC(C)c1ccc(CN(C)CC(C)(C)C)cc1. The summed E-state index contributed by atoms with van der Waals surface area (Å²) in [6.45, 7) is 15.7. The van der Waals surface area contributed by atoms with Gasteiger partial charge in [-0.05, 0) is 42.5 Å². The number of benzene rings is 1. The van der Waals surface area contributed by atoms with E-state index in [1.807, 2.05) is 0 Å². The summed E-state index contributed by atoms with van der Waals surface area (Å²) in [5, 5.41) is 3.50. The molecule has 0 amide bonds. The number of hydrogen-bond donors (Lipinski definition) is 1. The van der Waals surface area contributed by atoms with Gasteiger partial charge in [0.25, 0.3) is 0 Å². The van der Waals surface area contributed by atoms with Crippen LogP contribution in [0.5, 0.6) is 0 Å². The van der Waals surface area contributed by atoms with Gasteiger partial charge >= 0.3 is 0 Å². The van der Waals surface area contributed by atoms with Crippen LogP contribution in [-0.2, 0) is 6.54 Å². The molecule has 0 bridgehead atoms. The van der Waals surface area contributed by atoms with Crippen molar-refractivity contribution in [3.63, 3.8) is 0 Å². The third-order valence-corrected chi connectivity index (χ3v) is 3.62. The van der Waals surface area contributed by atoms with Crippen LogP contribution in [0.15, 0.2) is 24.3 Å². The van der Waals surface area contributed by atoms with E-state index < -0.39 is 0 Å². The van der Waals surface area contributed by atoms with E-state index in [0.29, 0.717) is 11.3 Å². The maximum atomic E-state index is 3.50. The molecule has 0 heterocycles. The van der Waals surface area contributed by atoms with Crippen LogP contribution in [-0.4, -0.2) is 31.6 Å². The van der Waals surface area contributed by atoms with Crippen molar-refractivity contribution in [2.24, 2.45) is 5.41 Å². The Morgan fingerprint density at radius 3 is 2.29 bits per heavy atom. The van der Waals surface area contributed by atoms with Gasteiger partial charge in [-0.2, -0.15) is 0 Å². The molecular formula is C19H34N2. The van der Waals surface area contributed by atoms with Gasteiger partial charge in [0.05, 0.1) is 0 Å². The average Bonchev–Trinajstić information content (AvgIpc) is 2.37. The van der Waals surface area contributed by atoms with Crippen LogP contribution < -0.4 is 5.32 Å². The van der Waals surface area contributed by atoms with Crippen molar-refractivity contribution < 1.29 is 0 Å². The highest BCUT2D eigenvalue weighted by Gasteiger charge is 2.13. The van der Waals surface area contributed by atoms with E-state index in [4.69, 9.17) is 0 Å². The van der Waals surface area contributed by atoms with E-state index >= 15 is 0 Å². The smallest absolute Gasteiger partial charge is 0.0230 e. The molecule has 0 spiro atoms. The maximum absolute atomic E-state index is 3.50. The van der Waals surface area contributed by atoms with E-state index in [1.54, 1.807) is 0 Å². The molecule has 2 heteroatoms. The first-order chi connectivity index (χ1) is 9.81. The first kappa shape index (κ1) is 18.2. The molecule has 120 valence electrons. The Labute approximate surface area is 131 Å². The lowest BCUT2D eigenvalue weighted by atomic mass is 9.96. The average molecular weight is 290 g/mol. The summed E-state index contributed by atoms with van der Waals surface area (Å²) in [4.78, 5) is 2.40. The van der Waals surface area contributed by atoms with Gasteiger partial charge in [0.2, 0.25) is 0 Å². The van der Waals surface area contributed by atoms with Crippen molar-refractivity contribution in [3.8, 4) is 0 Å². The Morgan fingerprint density at radius 1 is 1.14 bits per heavy atom. The third kappa shape index (κ3) is 7.63. The second kappa shape index (κ2) is 8.55. The second-order valence-electron chi connectivity index (χ2n) is 7.58. The molecule has 0 fully saturated rings. The van der Waals surface area contributed by atoms with Gasteiger partial charge in [0, 0.05) is 19.6 Å². The zero-order valence-corrected chi connectivity index (χ0v) is 14.9. The number of nitrogens with one attached hydrogen (secondary N) is 1. The molecule has 0 aliphatic carbocycles. The van der Waals surface area contributed by atoms with Gasteiger partial charge in [-0.1, -0.05) is 58.9 Å². The van der Waals surface area contributed by atoms with E-state index in [2.05, 4.69) is 76.1 Å². The van der Waals surface area contributed by atoms with Crippen molar-refractivity contribution in [1.29, 1.82) is 0 Å². The summed E-state index contributed by atoms with van der Waals surface area (Å²) >= 11 is 0. The minimum absolute atomic E-state index is 0.355. The highest BCUT2D eigenvalue weighted by Crippen LogP contribution is 2.18. The zero-order valence-electron chi connectivity index (χ0n) is 14.9. The molecule has 21 heavy (non-hydrogen) atoms. The molecule has 1 rings (SSSR count). The molecular weight excluding hydrogens is 256 g/mol. The Hall–Kier alpha value is -0.860. The number of rotatable bonds is 8. The van der Waals surface area contributed by atoms with Crippen molar-refractivity contribution in [2.45, 2.75) is 53.5 Å². The van der Waals surface area contributed by atoms with Crippen LogP contribution in [0.25, 0.3) is 0 Å². The van der Waals surface area contributed by atoms with Gasteiger partial charge in [-0.25, -0.2) is 0 Å². The Kier molecular flexibility index (Phi) is 7.41. The summed E-state index contributed by atoms with van der Waals surface area (Å²) in [6, 6.07) is 9.15. The normalized spacial score (nSPS) is 13.7. The van der Waals surface area contributed by atoms with E-state index in [9.17, 15) is 0 Å². The summed E-state index contributed by atoms with van der Waals surface area (Å²) in [7, 11) is 2.20. The fraction of sp³-hybridized carbons (Fsp3) is 0.684. The highest BCUT2D eigenvalue weighted by atomic mass is 15.1. The Morgan fingerprint density at radius 2 is 1.76 bits per heavy atom. The number of hydrogen-bond acceptors (Lipinski definition) is 2. The summed E-state index contributed by atoms with van der Waals surface area (Å²) < 4.78 is 0. The zero-order chi connectivity index (χ0) is 15.9. The lowest BCUT2D eigenvalue weighted by Gasteiger charge is -2.26. The molecule has 0 aromatic heterocycles. The van der Waals surface area contributed by atoms with Crippen LogP contribution >= 0.6 is 0 Å². The fourth-order valence-electron chi connectivity index (χ4n) is 2.74. The molecule has 0 radical (unpaired) electrons. The molecule has 1 aromatic rings. The second-order valence-corrected chi connectivity index (χ2v) is 7.58. The Bertz CT molecular complexity index is 389. The van der Waals surface area contributed by atoms with Gasteiger partial charge < -0.3 is 10.2 Å². The fourth-order valence-corrected chi connectivity index (χ4v) is 2.74. The van der Waals surface area contributed by atoms with Crippen LogP contribution in [0.3, 0.4) is 0 Å². The van der Waals surface area contributed by atoms with Gasteiger partial charge in [0.15, 0.2) is 0 Å². The van der Waals surface area contributed by atoms with Crippen molar-refractivity contribution in [1.82, 2.24) is 10.2 Å². The standard InChI is InChI=1S/C19H34N2/c1-7-12-20-13-16(2)18-10-8-17(9-11-18)14-21(6)15-19(3,4)5/h8-11,16,20H,7,12-15H2,1-6H3.